The molecule has 0 fully saturated rings. The van der Waals surface area contributed by atoms with E-state index in [4.69, 9.17) is 0 Å². The first kappa shape index (κ1) is 9.89. The van der Waals surface area contributed by atoms with E-state index in [1.165, 1.54) is 17.9 Å². The second-order valence-corrected chi connectivity index (χ2v) is 3.09. The predicted octanol–water partition coefficient (Wildman–Crippen LogP) is 2.60. The largest absolute Gasteiger partial charge is 0.391 e. The zero-order chi connectivity index (χ0) is 7.82. The first-order valence-corrected chi connectivity index (χ1v) is 4.88. The Balaban J connectivity index is 3.43. The average molecular weight is 159 g/mol. The summed E-state index contributed by atoms with van der Waals surface area (Å²) in [6, 6.07) is 0. The maximum absolute atomic E-state index is 3.15. The summed E-state index contributed by atoms with van der Waals surface area (Å²) in [6.07, 6.45) is 2.36. The molecule has 0 bridgehead atoms. The van der Waals surface area contributed by atoms with Crippen molar-refractivity contribution >= 4 is 11.8 Å². The Morgan fingerprint density at radius 1 is 1.50 bits per heavy atom. The minimum absolute atomic E-state index is 1.10. The molecular weight excluding hydrogens is 142 g/mol. The molecular formula is C8H17NS. The highest BCUT2D eigenvalue weighted by atomic mass is 32.2. The summed E-state index contributed by atoms with van der Waals surface area (Å²) in [6.45, 7) is 4.36. The number of hydrogen-bond acceptors (Lipinski definition) is 2. The van der Waals surface area contributed by atoms with Gasteiger partial charge in [-0.25, -0.2) is 0 Å². The van der Waals surface area contributed by atoms with Crippen molar-refractivity contribution in [2.45, 2.75) is 26.7 Å². The van der Waals surface area contributed by atoms with Crippen LogP contribution in [0.1, 0.15) is 26.7 Å². The third kappa shape index (κ3) is 4.74. The van der Waals surface area contributed by atoms with Crippen LogP contribution in [0.15, 0.2) is 11.1 Å². The summed E-state index contributed by atoms with van der Waals surface area (Å²) in [5.74, 6) is 1.23. The molecule has 0 heterocycles. The lowest BCUT2D eigenvalue weighted by atomic mass is 10.4. The van der Waals surface area contributed by atoms with Crippen LogP contribution in [0.3, 0.4) is 0 Å². The standard InChI is InChI=1S/C8H17NS/c1-4-6-10-7-8(5-2)9-3/h7,9H,4-6H2,1-3H3/b8-7-. The number of rotatable bonds is 5. The van der Waals surface area contributed by atoms with Crippen molar-refractivity contribution in [2.75, 3.05) is 12.8 Å². The second kappa shape index (κ2) is 7.00. The van der Waals surface area contributed by atoms with Crippen molar-refractivity contribution in [3.05, 3.63) is 11.1 Å². The van der Waals surface area contributed by atoms with Gasteiger partial charge in [0.05, 0.1) is 0 Å². The third-order valence-corrected chi connectivity index (χ3v) is 2.34. The number of nitrogens with one attached hydrogen (secondary N) is 1. The molecule has 0 aromatic carbocycles. The smallest absolute Gasteiger partial charge is 0.0165 e. The monoisotopic (exact) mass is 159 g/mol. The van der Waals surface area contributed by atoms with Gasteiger partial charge in [0, 0.05) is 12.7 Å². The van der Waals surface area contributed by atoms with E-state index >= 15 is 0 Å². The number of allylic oxidation sites excluding steroid dienone is 1. The Labute approximate surface area is 68.3 Å². The van der Waals surface area contributed by atoms with Crippen molar-refractivity contribution in [3.63, 3.8) is 0 Å². The SMILES string of the molecule is CCCS/C=C(/CC)NC. The first-order valence-electron chi connectivity index (χ1n) is 3.83. The quantitative estimate of drug-likeness (QED) is 0.619. The summed E-state index contributed by atoms with van der Waals surface area (Å²) in [4.78, 5) is 0. The van der Waals surface area contributed by atoms with Crippen LogP contribution in [-0.2, 0) is 0 Å². The molecule has 0 aliphatic heterocycles. The molecule has 0 aliphatic carbocycles. The van der Waals surface area contributed by atoms with Crippen molar-refractivity contribution < 1.29 is 0 Å². The molecule has 0 radical (unpaired) electrons. The fraction of sp³-hybridized carbons (Fsp3) is 0.750. The zero-order valence-corrected chi connectivity index (χ0v) is 7.92. The van der Waals surface area contributed by atoms with Gasteiger partial charge < -0.3 is 5.32 Å². The zero-order valence-electron chi connectivity index (χ0n) is 7.11. The lowest BCUT2D eigenvalue weighted by Gasteiger charge is -2.01. The lowest BCUT2D eigenvalue weighted by molar-refractivity contribution is 0.905. The maximum Gasteiger partial charge on any atom is 0.0165 e. The van der Waals surface area contributed by atoms with Crippen LogP contribution in [0.5, 0.6) is 0 Å². The van der Waals surface area contributed by atoms with Crippen LogP contribution in [0.25, 0.3) is 0 Å². The lowest BCUT2D eigenvalue weighted by Crippen LogP contribution is -2.03. The Morgan fingerprint density at radius 3 is 2.60 bits per heavy atom. The molecule has 10 heavy (non-hydrogen) atoms. The Kier molecular flexibility index (Phi) is 6.93. The van der Waals surface area contributed by atoms with E-state index in [0.717, 1.165) is 6.42 Å². The molecule has 1 N–H and O–H groups in total. The fourth-order valence-electron chi connectivity index (χ4n) is 0.596. The van der Waals surface area contributed by atoms with Crippen molar-refractivity contribution in [3.8, 4) is 0 Å². The van der Waals surface area contributed by atoms with E-state index in [1.54, 1.807) is 0 Å². The van der Waals surface area contributed by atoms with E-state index in [1.807, 2.05) is 18.8 Å². The third-order valence-electron chi connectivity index (χ3n) is 1.25. The molecule has 0 aliphatic rings. The van der Waals surface area contributed by atoms with Crippen molar-refractivity contribution in [1.82, 2.24) is 5.32 Å². The van der Waals surface area contributed by atoms with Gasteiger partial charge in [0.25, 0.3) is 0 Å². The summed E-state index contributed by atoms with van der Waals surface area (Å²) >= 11 is 1.89. The van der Waals surface area contributed by atoms with Crippen LogP contribution in [0.2, 0.25) is 0 Å². The van der Waals surface area contributed by atoms with Gasteiger partial charge in [0.1, 0.15) is 0 Å². The Hall–Kier alpha value is -0.110. The number of hydrogen-bond donors (Lipinski definition) is 1. The van der Waals surface area contributed by atoms with Gasteiger partial charge in [0.15, 0.2) is 0 Å². The van der Waals surface area contributed by atoms with Crippen molar-refractivity contribution in [1.29, 1.82) is 0 Å². The van der Waals surface area contributed by atoms with E-state index < -0.39 is 0 Å². The molecule has 0 amide bonds. The molecule has 0 atom stereocenters. The highest BCUT2D eigenvalue weighted by Gasteiger charge is 1.86. The number of thioether (sulfide) groups is 1. The maximum atomic E-state index is 3.15. The Bertz CT molecular complexity index is 93.4. The summed E-state index contributed by atoms with van der Waals surface area (Å²) in [7, 11) is 1.97. The fourth-order valence-corrected chi connectivity index (χ4v) is 1.44. The Morgan fingerprint density at radius 2 is 2.20 bits per heavy atom. The summed E-state index contributed by atoms with van der Waals surface area (Å²) < 4.78 is 0. The van der Waals surface area contributed by atoms with E-state index in [2.05, 4.69) is 24.6 Å². The molecule has 0 aromatic heterocycles. The van der Waals surface area contributed by atoms with Crippen LogP contribution in [-0.4, -0.2) is 12.8 Å². The summed E-state index contributed by atoms with van der Waals surface area (Å²) in [5, 5.41) is 5.36. The average Bonchev–Trinajstić information content (AvgIpc) is 1.99. The van der Waals surface area contributed by atoms with Crippen LogP contribution >= 0.6 is 11.8 Å². The first-order chi connectivity index (χ1) is 4.85. The predicted molar refractivity (Wildman–Crippen MR) is 50.2 cm³/mol. The van der Waals surface area contributed by atoms with Gasteiger partial charge in [-0.1, -0.05) is 13.8 Å². The molecule has 0 rings (SSSR count). The van der Waals surface area contributed by atoms with Gasteiger partial charge in [-0.05, 0) is 24.0 Å². The van der Waals surface area contributed by atoms with Crippen LogP contribution in [0, 0.1) is 0 Å². The minimum atomic E-state index is 1.10. The molecule has 1 nitrogen and oxygen atoms in total. The van der Waals surface area contributed by atoms with Crippen LogP contribution < -0.4 is 5.32 Å². The molecule has 0 unspecified atom stereocenters. The van der Waals surface area contributed by atoms with E-state index in [-0.39, 0.29) is 0 Å². The van der Waals surface area contributed by atoms with E-state index in [0.29, 0.717) is 0 Å². The molecule has 60 valence electrons. The second-order valence-electron chi connectivity index (χ2n) is 2.12. The normalized spacial score (nSPS) is 11.7. The van der Waals surface area contributed by atoms with Gasteiger partial charge in [0.2, 0.25) is 0 Å². The topological polar surface area (TPSA) is 12.0 Å². The minimum Gasteiger partial charge on any atom is -0.391 e. The van der Waals surface area contributed by atoms with Gasteiger partial charge in [-0.15, -0.1) is 11.8 Å². The highest BCUT2D eigenvalue weighted by Crippen LogP contribution is 2.08. The van der Waals surface area contributed by atoms with Crippen LogP contribution in [0.4, 0.5) is 0 Å². The molecule has 0 spiro atoms. The molecule has 0 saturated heterocycles. The highest BCUT2D eigenvalue weighted by molar-refractivity contribution is 8.02. The van der Waals surface area contributed by atoms with Gasteiger partial charge in [-0.2, -0.15) is 0 Å². The van der Waals surface area contributed by atoms with Gasteiger partial charge in [-0.3, -0.25) is 0 Å². The molecule has 0 aromatic rings. The van der Waals surface area contributed by atoms with Crippen molar-refractivity contribution in [2.24, 2.45) is 0 Å². The van der Waals surface area contributed by atoms with Gasteiger partial charge >= 0.3 is 0 Å². The van der Waals surface area contributed by atoms with E-state index in [9.17, 15) is 0 Å². The summed E-state index contributed by atoms with van der Waals surface area (Å²) in [5.41, 5.74) is 1.33. The molecule has 0 saturated carbocycles. The molecule has 2 heteroatoms.